The molecule has 4 heterocycles. The molecule has 0 saturated carbocycles. The van der Waals surface area contributed by atoms with E-state index in [4.69, 9.17) is 9.15 Å². The fourth-order valence-corrected chi connectivity index (χ4v) is 3.68. The number of rotatable bonds is 4. The summed E-state index contributed by atoms with van der Waals surface area (Å²) in [5.41, 5.74) is 1.90. The number of fused-ring (bicyclic) bond motifs is 1. The average Bonchev–Trinajstić information content (AvgIpc) is 3.26. The van der Waals surface area contributed by atoms with Gasteiger partial charge in [-0.2, -0.15) is 0 Å². The van der Waals surface area contributed by atoms with Crippen molar-refractivity contribution >= 4 is 11.6 Å². The van der Waals surface area contributed by atoms with Gasteiger partial charge in [0.25, 0.3) is 5.91 Å². The molecule has 0 spiro atoms. The highest BCUT2D eigenvalue weighted by molar-refractivity contribution is 5.94. The van der Waals surface area contributed by atoms with Crippen LogP contribution >= 0.6 is 0 Å². The summed E-state index contributed by atoms with van der Waals surface area (Å²) in [6.07, 6.45) is 9.29. The maximum absolute atomic E-state index is 12.4. The van der Waals surface area contributed by atoms with E-state index in [1.807, 2.05) is 12.1 Å². The number of carbonyl (C=O) groups excluding carboxylic acids is 1. The minimum atomic E-state index is -0.375. The van der Waals surface area contributed by atoms with Crippen LogP contribution in [0.25, 0.3) is 0 Å². The molecule has 1 N–H and O–H groups in total. The highest BCUT2D eigenvalue weighted by atomic mass is 16.5. The monoisotopic (exact) mass is 327 g/mol. The maximum Gasteiger partial charge on any atom is 0.253 e. The predicted octanol–water partition coefficient (Wildman–Crippen LogP) is 2.44. The number of hydrogen-bond acceptors (Lipinski definition) is 5. The number of nitrogens with one attached hydrogen (secondary N) is 1. The Hall–Kier alpha value is -2.18. The molecule has 4 rings (SSSR count). The lowest BCUT2D eigenvalue weighted by Crippen LogP contribution is -2.46. The molecular weight excluding hydrogens is 306 g/mol. The van der Waals surface area contributed by atoms with Gasteiger partial charge in [0.1, 0.15) is 6.10 Å². The van der Waals surface area contributed by atoms with Crippen molar-refractivity contribution in [1.29, 1.82) is 0 Å². The summed E-state index contributed by atoms with van der Waals surface area (Å²) in [6.45, 7) is 1.88. The van der Waals surface area contributed by atoms with Crippen molar-refractivity contribution in [1.82, 2.24) is 9.88 Å². The fraction of sp³-hybridized carbons (Fsp3) is 0.444. The molecule has 0 aliphatic carbocycles. The van der Waals surface area contributed by atoms with Gasteiger partial charge in [-0.1, -0.05) is 0 Å². The molecule has 6 nitrogen and oxygen atoms in total. The van der Waals surface area contributed by atoms with Crippen molar-refractivity contribution < 1.29 is 13.9 Å². The highest BCUT2D eigenvalue weighted by Crippen LogP contribution is 2.32. The molecule has 2 saturated heterocycles. The summed E-state index contributed by atoms with van der Waals surface area (Å²) >= 11 is 0. The van der Waals surface area contributed by atoms with Crippen molar-refractivity contribution in [3.05, 3.63) is 48.7 Å². The summed E-state index contributed by atoms with van der Waals surface area (Å²) in [6, 6.07) is 6.03. The lowest BCUT2D eigenvalue weighted by atomic mass is 9.98. The molecule has 126 valence electrons. The molecule has 1 amide bonds. The molecule has 0 unspecified atom stereocenters. The molecular formula is C18H21N3O3. The quantitative estimate of drug-likeness (QED) is 0.934. The van der Waals surface area contributed by atoms with E-state index in [9.17, 15) is 4.79 Å². The number of amides is 1. The van der Waals surface area contributed by atoms with Crippen molar-refractivity contribution in [2.24, 2.45) is 0 Å². The van der Waals surface area contributed by atoms with Crippen LogP contribution in [0.5, 0.6) is 0 Å². The number of hydrogen-bond donors (Lipinski definition) is 1. The zero-order chi connectivity index (χ0) is 16.4. The Balaban J connectivity index is 1.34. The average molecular weight is 327 g/mol. The van der Waals surface area contributed by atoms with Crippen LogP contribution in [0, 0.1) is 0 Å². The van der Waals surface area contributed by atoms with Gasteiger partial charge in [-0.25, -0.2) is 0 Å². The second-order valence-electron chi connectivity index (χ2n) is 6.43. The largest absolute Gasteiger partial charge is 0.472 e. The molecule has 0 radical (unpaired) electrons. The van der Waals surface area contributed by atoms with E-state index in [1.54, 1.807) is 31.0 Å². The summed E-state index contributed by atoms with van der Waals surface area (Å²) in [5.74, 6) is -0.0743. The van der Waals surface area contributed by atoms with Crippen LogP contribution in [0.15, 0.2) is 47.5 Å². The zero-order valence-electron chi connectivity index (χ0n) is 13.4. The number of ether oxygens (including phenoxy) is 1. The topological polar surface area (TPSA) is 67.6 Å². The summed E-state index contributed by atoms with van der Waals surface area (Å²) in [4.78, 5) is 18.9. The first-order valence-corrected chi connectivity index (χ1v) is 8.41. The van der Waals surface area contributed by atoms with Gasteiger partial charge >= 0.3 is 0 Å². The summed E-state index contributed by atoms with van der Waals surface area (Å²) in [5, 5.41) is 2.89. The molecule has 2 aromatic heterocycles. The van der Waals surface area contributed by atoms with E-state index in [1.165, 1.54) is 5.56 Å². The van der Waals surface area contributed by atoms with Gasteiger partial charge in [0.2, 0.25) is 0 Å². The Bertz CT molecular complexity index is 674. The SMILES string of the molecule is O=C(Nc1cccnc1)[C@H]1CC[C@@H]2[C@@H](CCN2Cc2ccoc2)O1. The third kappa shape index (κ3) is 3.20. The lowest BCUT2D eigenvalue weighted by molar-refractivity contribution is -0.138. The molecule has 2 fully saturated rings. The molecule has 2 aliphatic rings. The second-order valence-corrected chi connectivity index (χ2v) is 6.43. The van der Waals surface area contributed by atoms with Crippen LogP contribution < -0.4 is 5.32 Å². The maximum atomic E-state index is 12.4. The van der Waals surface area contributed by atoms with Crippen molar-refractivity contribution in [2.45, 2.75) is 44.1 Å². The van der Waals surface area contributed by atoms with E-state index in [-0.39, 0.29) is 18.1 Å². The van der Waals surface area contributed by atoms with Crippen LogP contribution in [0.3, 0.4) is 0 Å². The fourth-order valence-electron chi connectivity index (χ4n) is 3.68. The van der Waals surface area contributed by atoms with Gasteiger partial charge in [0.05, 0.1) is 30.5 Å². The Morgan fingerprint density at radius 1 is 1.33 bits per heavy atom. The third-order valence-corrected chi connectivity index (χ3v) is 4.85. The summed E-state index contributed by atoms with van der Waals surface area (Å²) < 4.78 is 11.2. The highest BCUT2D eigenvalue weighted by Gasteiger charge is 2.41. The standard InChI is InChI=1S/C18H21N3O3/c22-18(20-14-2-1-7-19-10-14)17-4-3-15-16(24-17)5-8-21(15)11-13-6-9-23-12-13/h1-2,6-7,9-10,12,15-17H,3-5,8,11H2,(H,20,22)/t15-,16-,17-/m1/s1. The third-order valence-electron chi connectivity index (χ3n) is 4.85. The predicted molar refractivity (Wildman–Crippen MR) is 88.3 cm³/mol. The van der Waals surface area contributed by atoms with Gasteiger partial charge in [-0.05, 0) is 37.5 Å². The van der Waals surface area contributed by atoms with Crippen molar-refractivity contribution in [2.75, 3.05) is 11.9 Å². The Morgan fingerprint density at radius 2 is 2.29 bits per heavy atom. The van der Waals surface area contributed by atoms with Gasteiger partial charge in [-0.3, -0.25) is 14.7 Å². The van der Waals surface area contributed by atoms with Crippen LogP contribution in [0.4, 0.5) is 5.69 Å². The number of nitrogens with zero attached hydrogens (tertiary/aromatic N) is 2. The first-order valence-electron chi connectivity index (χ1n) is 8.41. The van der Waals surface area contributed by atoms with Gasteiger partial charge in [0.15, 0.2) is 0 Å². The number of aromatic nitrogens is 1. The Labute approximate surface area is 140 Å². The van der Waals surface area contributed by atoms with Crippen molar-refractivity contribution in [3.63, 3.8) is 0 Å². The minimum absolute atomic E-state index is 0.0743. The van der Waals surface area contributed by atoms with E-state index < -0.39 is 0 Å². The molecule has 3 atom stereocenters. The van der Waals surface area contributed by atoms with E-state index in [0.717, 1.165) is 32.4 Å². The number of furan rings is 1. The first-order chi connectivity index (χ1) is 11.8. The first kappa shape index (κ1) is 15.4. The second kappa shape index (κ2) is 6.75. The number of pyridine rings is 1. The van der Waals surface area contributed by atoms with E-state index >= 15 is 0 Å². The zero-order valence-corrected chi connectivity index (χ0v) is 13.4. The minimum Gasteiger partial charge on any atom is -0.472 e. The van der Waals surface area contributed by atoms with Crippen molar-refractivity contribution in [3.8, 4) is 0 Å². The molecule has 6 heteroatoms. The normalized spacial score (nSPS) is 26.9. The number of carbonyl (C=O) groups is 1. The van der Waals surface area contributed by atoms with Gasteiger partial charge < -0.3 is 14.5 Å². The molecule has 2 aliphatic heterocycles. The molecule has 0 bridgehead atoms. The number of anilines is 1. The van der Waals surface area contributed by atoms with Crippen LogP contribution in [-0.2, 0) is 16.1 Å². The molecule has 0 aromatic carbocycles. The number of likely N-dealkylation sites (tertiary alicyclic amines) is 1. The Kier molecular flexibility index (Phi) is 4.32. The van der Waals surface area contributed by atoms with Crippen LogP contribution in [-0.4, -0.2) is 40.6 Å². The molecule has 24 heavy (non-hydrogen) atoms. The lowest BCUT2D eigenvalue weighted by Gasteiger charge is -2.35. The van der Waals surface area contributed by atoms with E-state index in [0.29, 0.717) is 11.7 Å². The summed E-state index contributed by atoms with van der Waals surface area (Å²) in [7, 11) is 0. The molecule has 2 aromatic rings. The van der Waals surface area contributed by atoms with Gasteiger partial charge in [-0.15, -0.1) is 0 Å². The smallest absolute Gasteiger partial charge is 0.253 e. The van der Waals surface area contributed by atoms with Crippen LogP contribution in [0.2, 0.25) is 0 Å². The van der Waals surface area contributed by atoms with E-state index in [2.05, 4.69) is 15.2 Å². The Morgan fingerprint density at radius 3 is 3.08 bits per heavy atom. The van der Waals surface area contributed by atoms with Crippen LogP contribution in [0.1, 0.15) is 24.8 Å². The van der Waals surface area contributed by atoms with Gasteiger partial charge in [0, 0.05) is 30.9 Å².